The largest absolute Gasteiger partial charge is 0.292 e. The van der Waals surface area contributed by atoms with E-state index >= 15 is 0 Å². The molecule has 0 amide bonds. The fraction of sp³-hybridized carbons (Fsp3) is 0.250. The van der Waals surface area contributed by atoms with Gasteiger partial charge in [-0.1, -0.05) is 80.7 Å². The lowest BCUT2D eigenvalue weighted by molar-refractivity contribution is 0.100. The minimum atomic E-state index is -0.0650. The van der Waals surface area contributed by atoms with Gasteiger partial charge < -0.3 is 0 Å². The molecule has 2 aromatic heterocycles. The molecule has 36 heavy (non-hydrogen) atoms. The third kappa shape index (κ3) is 6.90. The van der Waals surface area contributed by atoms with Crippen LogP contribution in [0.2, 0.25) is 0 Å². The van der Waals surface area contributed by atoms with Crippen LogP contribution < -0.4 is 9.60 Å². The van der Waals surface area contributed by atoms with Crippen molar-refractivity contribution in [1.29, 1.82) is 0 Å². The van der Waals surface area contributed by atoms with Gasteiger partial charge in [0.1, 0.15) is 0 Å². The molecule has 8 nitrogen and oxygen atoms in total. The maximum Gasteiger partial charge on any atom is 0.208 e. The molecular formula is C24H24N6O2S4. The van der Waals surface area contributed by atoms with Crippen LogP contribution >= 0.6 is 44.3 Å². The van der Waals surface area contributed by atoms with Crippen molar-refractivity contribution in [3.05, 3.63) is 80.3 Å². The molecule has 0 saturated carbocycles. The Morgan fingerprint density at radius 1 is 0.722 bits per heavy atom. The van der Waals surface area contributed by atoms with Gasteiger partial charge in [0.15, 0.2) is 21.6 Å². The fourth-order valence-electron chi connectivity index (χ4n) is 3.00. The maximum absolute atomic E-state index is 11.8. The van der Waals surface area contributed by atoms with Gasteiger partial charge in [-0.2, -0.15) is 10.2 Å². The van der Waals surface area contributed by atoms with Crippen LogP contribution in [-0.2, 0) is 0 Å². The van der Waals surface area contributed by atoms with Gasteiger partial charge in [-0.25, -0.2) is 9.36 Å². The van der Waals surface area contributed by atoms with Crippen LogP contribution in [0.1, 0.15) is 33.5 Å². The molecule has 0 fully saturated rings. The molecule has 0 aliphatic carbocycles. The topological polar surface area (TPSA) is 94.5 Å². The van der Waals surface area contributed by atoms with E-state index in [1.54, 1.807) is 31.0 Å². The van der Waals surface area contributed by atoms with Crippen molar-refractivity contribution >= 4 is 55.8 Å². The highest BCUT2D eigenvalue weighted by Crippen LogP contribution is 2.20. The van der Waals surface area contributed by atoms with E-state index in [1.165, 1.54) is 36.5 Å². The second-order valence-corrected chi connectivity index (χ2v) is 12.0. The van der Waals surface area contributed by atoms with Gasteiger partial charge in [0.2, 0.25) is 9.60 Å². The van der Waals surface area contributed by atoms with Crippen LogP contribution in [0.3, 0.4) is 0 Å². The Labute approximate surface area is 224 Å². The van der Waals surface area contributed by atoms with E-state index in [1.807, 2.05) is 60.7 Å². The van der Waals surface area contributed by atoms with Crippen LogP contribution in [0.15, 0.2) is 70.6 Å². The van der Waals surface area contributed by atoms with Crippen LogP contribution in [0.25, 0.3) is 11.4 Å². The first-order valence-corrected chi connectivity index (χ1v) is 15.2. The molecule has 186 valence electrons. The van der Waals surface area contributed by atoms with Gasteiger partial charge in [0.05, 0.1) is 24.5 Å². The minimum Gasteiger partial charge on any atom is -0.292 e. The summed E-state index contributed by atoms with van der Waals surface area (Å²) in [5.74, 6) is 1.52. The first kappa shape index (κ1) is 26.3. The number of benzene rings is 2. The minimum absolute atomic E-state index is 0.0650. The summed E-state index contributed by atoms with van der Waals surface area (Å²) in [6, 6.07) is 19.4. The van der Waals surface area contributed by atoms with Crippen molar-refractivity contribution in [2.75, 3.05) is 24.6 Å². The summed E-state index contributed by atoms with van der Waals surface area (Å²) in [7, 11) is 3.46. The molecule has 4 aromatic rings. The molecule has 0 radical (unpaired) electrons. The smallest absolute Gasteiger partial charge is 0.208 e. The van der Waals surface area contributed by atoms with E-state index in [2.05, 4.69) is 20.2 Å². The van der Waals surface area contributed by atoms with Crippen molar-refractivity contribution in [3.63, 3.8) is 0 Å². The van der Waals surface area contributed by atoms with Gasteiger partial charge in [-0.05, 0) is 24.3 Å². The molecule has 0 N–H and O–H groups in total. The number of nitrogens with zero attached hydrogens (tertiary/aromatic N) is 6. The van der Waals surface area contributed by atoms with Gasteiger partial charge in [-0.3, -0.25) is 19.6 Å². The third-order valence-corrected chi connectivity index (χ3v) is 9.11. The third-order valence-electron chi connectivity index (χ3n) is 4.65. The van der Waals surface area contributed by atoms with E-state index in [0.29, 0.717) is 32.7 Å². The number of aromatic nitrogens is 4. The fourth-order valence-corrected chi connectivity index (χ4v) is 6.38. The second-order valence-electron chi connectivity index (χ2n) is 7.39. The molecule has 4 rings (SSSR count). The van der Waals surface area contributed by atoms with Crippen molar-refractivity contribution in [2.45, 2.75) is 13.8 Å². The Bertz CT molecular complexity index is 1340. The number of Topliss-reactive ketones (excluding diaryl/α,β-unsaturated/α-hetero) is 2. The molecule has 0 aliphatic rings. The predicted molar refractivity (Wildman–Crippen MR) is 149 cm³/mol. The lowest BCUT2D eigenvalue weighted by Crippen LogP contribution is -2.15. The molecule has 0 aliphatic heterocycles. The normalized spacial score (nSPS) is 12.3. The van der Waals surface area contributed by atoms with Crippen molar-refractivity contribution in [2.24, 2.45) is 9.98 Å². The van der Waals surface area contributed by atoms with E-state index in [9.17, 15) is 9.59 Å². The van der Waals surface area contributed by atoms with Gasteiger partial charge in [-0.15, -0.1) is 0 Å². The molecule has 0 unspecified atom stereocenters. The van der Waals surface area contributed by atoms with Crippen molar-refractivity contribution in [1.82, 2.24) is 19.6 Å². The number of carbonyl (C=O) groups is 2. The number of carbonyl (C=O) groups excluding carboxylic acids is 2. The second kappa shape index (κ2) is 12.9. The zero-order chi connectivity index (χ0) is 25.3. The molecule has 2 heterocycles. The molecular weight excluding hydrogens is 533 g/mol. The average molecular weight is 557 g/mol. The highest BCUT2D eigenvalue weighted by Gasteiger charge is 2.11. The van der Waals surface area contributed by atoms with E-state index in [0.717, 1.165) is 22.9 Å². The van der Waals surface area contributed by atoms with E-state index < -0.39 is 0 Å². The van der Waals surface area contributed by atoms with Crippen LogP contribution in [0.5, 0.6) is 0 Å². The molecule has 0 bridgehead atoms. The average Bonchev–Trinajstić information content (AvgIpc) is 3.52. The van der Waals surface area contributed by atoms with Gasteiger partial charge in [0.25, 0.3) is 0 Å². The molecule has 0 spiro atoms. The summed E-state index contributed by atoms with van der Waals surface area (Å²) in [5.41, 5.74) is 1.76. The maximum atomic E-state index is 11.8. The molecule has 2 aromatic carbocycles. The highest BCUT2D eigenvalue weighted by atomic mass is 33.1. The Hall–Kier alpha value is -2.80. The first-order chi connectivity index (χ1) is 17.5. The lowest BCUT2D eigenvalue weighted by Gasteiger charge is -2.01. The quantitative estimate of drug-likeness (QED) is 0.154. The number of hydrogen-bond acceptors (Lipinski definition) is 10. The summed E-state index contributed by atoms with van der Waals surface area (Å²) >= 11 is 2.62. The van der Waals surface area contributed by atoms with Crippen LogP contribution in [0.4, 0.5) is 0 Å². The Morgan fingerprint density at radius 3 is 1.47 bits per heavy atom. The summed E-state index contributed by atoms with van der Waals surface area (Å²) in [4.78, 5) is 34.4. The standard InChI is InChI=1S/C24H24N6O2S4/c1-17(31)21-27-29(19-9-5-3-6-10-19)23(35-21)25-13-15-33-34-16-14-26-24-30(20-11-7-4-8-12-20)28-22(36-24)18(2)32/h3-12H,13-16H2,1-2H3. The number of hydrogen-bond donors (Lipinski definition) is 0. The monoisotopic (exact) mass is 556 g/mol. The Kier molecular flexibility index (Phi) is 9.45. The molecule has 0 saturated heterocycles. The zero-order valence-corrected chi connectivity index (χ0v) is 23.0. The first-order valence-electron chi connectivity index (χ1n) is 11.1. The zero-order valence-electron chi connectivity index (χ0n) is 19.7. The lowest BCUT2D eigenvalue weighted by atomic mass is 10.3. The van der Waals surface area contributed by atoms with Crippen molar-refractivity contribution in [3.8, 4) is 11.4 Å². The SMILES string of the molecule is CC(=O)c1nn(-c2ccccc2)c(=NCCSSCCN=c2sc(C(C)=O)nn2-c2ccccc2)s1. The predicted octanol–water partition coefficient (Wildman–Crippen LogP) is 4.47. The highest BCUT2D eigenvalue weighted by molar-refractivity contribution is 8.76. The van der Waals surface area contributed by atoms with Crippen molar-refractivity contribution < 1.29 is 9.59 Å². The molecule has 0 atom stereocenters. The Balaban J connectivity index is 1.33. The summed E-state index contributed by atoms with van der Waals surface area (Å²) in [5, 5.41) is 9.76. The Morgan fingerprint density at radius 2 is 1.11 bits per heavy atom. The van der Waals surface area contributed by atoms with Gasteiger partial charge >= 0.3 is 0 Å². The van der Waals surface area contributed by atoms with Crippen LogP contribution in [-0.4, -0.2) is 55.7 Å². The van der Waals surface area contributed by atoms with Crippen LogP contribution in [0, 0.1) is 0 Å². The molecule has 12 heteroatoms. The number of rotatable bonds is 11. The summed E-state index contributed by atoms with van der Waals surface area (Å²) < 4.78 is 3.45. The van der Waals surface area contributed by atoms with Gasteiger partial charge in [0, 0.05) is 25.4 Å². The summed E-state index contributed by atoms with van der Waals surface area (Å²) in [6.07, 6.45) is 0. The van der Waals surface area contributed by atoms with E-state index in [-0.39, 0.29) is 11.6 Å². The van der Waals surface area contributed by atoms with E-state index in [4.69, 9.17) is 0 Å². The number of para-hydroxylation sites is 2. The number of ketones is 2. The summed E-state index contributed by atoms with van der Waals surface area (Å²) in [6.45, 7) is 4.27.